The van der Waals surface area contributed by atoms with E-state index in [1.165, 1.54) is 0 Å². The fourth-order valence-electron chi connectivity index (χ4n) is 9.40. The number of piperidine rings is 2. The third-order valence-electron chi connectivity index (χ3n) is 12.5. The van der Waals surface area contributed by atoms with E-state index in [1.54, 1.807) is 0 Å². The minimum atomic E-state index is -0.470. The molecular formula is C41H46N12O3. The van der Waals surface area contributed by atoms with Crippen molar-refractivity contribution in [2.75, 3.05) is 26.2 Å². The van der Waals surface area contributed by atoms with Crippen LogP contribution in [-0.4, -0.2) is 103 Å². The smallest absolute Gasteiger partial charge is 0.167 e. The maximum absolute atomic E-state index is 15.6. The van der Waals surface area contributed by atoms with Crippen LogP contribution >= 0.6 is 0 Å². The molecule has 0 radical (unpaired) electrons. The highest BCUT2D eigenvalue weighted by atomic mass is 16.5. The molecule has 10 rings (SSSR count). The average molecular weight is 755 g/mol. The summed E-state index contributed by atoms with van der Waals surface area (Å²) in [6, 6.07) is 7.07. The van der Waals surface area contributed by atoms with Gasteiger partial charge in [0.1, 0.15) is 23.2 Å². The zero-order valence-corrected chi connectivity index (χ0v) is 32.1. The molecule has 2 saturated heterocycles. The quantitative estimate of drug-likeness (QED) is 0.177. The van der Waals surface area contributed by atoms with Crippen LogP contribution in [-0.2, 0) is 17.6 Å². The van der Waals surface area contributed by atoms with Crippen molar-refractivity contribution in [3.8, 4) is 0 Å². The largest absolute Gasteiger partial charge is 0.361 e. The molecule has 288 valence electrons. The van der Waals surface area contributed by atoms with Crippen molar-refractivity contribution >= 4 is 39.1 Å². The Balaban J connectivity index is 1.02. The Morgan fingerprint density at radius 2 is 1.16 bits per heavy atom. The highest BCUT2D eigenvalue weighted by molar-refractivity contribution is 5.89. The number of ketones is 1. The van der Waals surface area contributed by atoms with Crippen molar-refractivity contribution in [1.29, 1.82) is 0 Å². The number of nitrogens with one attached hydrogen (secondary N) is 2. The van der Waals surface area contributed by atoms with E-state index in [0.29, 0.717) is 49.3 Å². The molecule has 0 saturated carbocycles. The summed E-state index contributed by atoms with van der Waals surface area (Å²) in [6.45, 7) is 11.3. The van der Waals surface area contributed by atoms with E-state index in [9.17, 15) is 0 Å². The Labute approximate surface area is 322 Å². The van der Waals surface area contributed by atoms with E-state index < -0.39 is 12.1 Å². The summed E-state index contributed by atoms with van der Waals surface area (Å²) in [6.07, 6.45) is 14.1. The van der Waals surface area contributed by atoms with Crippen molar-refractivity contribution in [2.24, 2.45) is 11.8 Å². The normalized spacial score (nSPS) is 22.5. The minimum Gasteiger partial charge on any atom is -0.361 e. The second-order valence-corrected chi connectivity index (χ2v) is 16.1. The van der Waals surface area contributed by atoms with Crippen LogP contribution in [0.3, 0.4) is 0 Å². The van der Waals surface area contributed by atoms with Gasteiger partial charge in [-0.15, -0.1) is 0 Å². The highest BCUT2D eigenvalue weighted by Gasteiger charge is 2.43. The van der Waals surface area contributed by atoms with Gasteiger partial charge in [0.25, 0.3) is 0 Å². The first-order chi connectivity index (χ1) is 27.3. The SMILES string of the molecule is Cc1cc(CC(C(=O)C(Cc2cc(C)no2)N2CC[C@H](C)[C@H](c3ncc4cnc5[nH]ccc5n34)C2)N2CC[C@H](C)[C@H](c3ncc4cnc5[nH]ccc5n34)C2)on1. The second-order valence-electron chi connectivity index (χ2n) is 16.1. The fourth-order valence-corrected chi connectivity index (χ4v) is 9.40. The lowest BCUT2D eigenvalue weighted by Crippen LogP contribution is -2.57. The number of imidazole rings is 2. The number of Topliss-reactive ketones (excluding diaryl/α,β-unsaturated/α-hetero) is 1. The number of rotatable bonds is 10. The maximum atomic E-state index is 15.6. The van der Waals surface area contributed by atoms with Gasteiger partial charge in [-0.1, -0.05) is 24.2 Å². The molecule has 0 aliphatic carbocycles. The Kier molecular flexibility index (Phi) is 8.58. The molecule has 8 aromatic heterocycles. The summed E-state index contributed by atoms with van der Waals surface area (Å²) >= 11 is 0. The molecule has 15 heteroatoms. The third kappa shape index (κ3) is 6.00. The van der Waals surface area contributed by atoms with Gasteiger partial charge in [-0.3, -0.25) is 23.4 Å². The molecule has 56 heavy (non-hydrogen) atoms. The van der Waals surface area contributed by atoms with E-state index in [-0.39, 0.29) is 17.6 Å². The lowest BCUT2D eigenvalue weighted by Gasteiger charge is -2.44. The number of nitrogens with zero attached hydrogens (tertiary/aromatic N) is 10. The molecular weight excluding hydrogens is 709 g/mol. The summed E-state index contributed by atoms with van der Waals surface area (Å²) in [4.78, 5) is 46.1. The van der Waals surface area contributed by atoms with E-state index >= 15 is 4.79 Å². The number of hydrogen-bond acceptors (Lipinski definition) is 11. The standard InChI is InChI=1S/C41H46N12O3/c1-23-7-11-50(21-31(23)40-46-19-27-17-44-38-33(52(27)40)5-9-42-38)35(15-29-13-25(3)48-55-29)37(54)36(16-30-14-26(4)49-56-30)51-12-8-24(2)32(22-51)41-47-20-28-18-45-39-34(53(28)41)6-10-43-39/h5-6,9-10,13-14,17-20,23-24,31-32,35-36,42-43H,7-8,11-12,15-16,21-22H2,1-4H3/t23-,24-,31+,32+,35?,36?/m0/s1. The van der Waals surface area contributed by atoms with Crippen LogP contribution in [0.1, 0.15) is 73.1 Å². The molecule has 15 nitrogen and oxygen atoms in total. The van der Waals surface area contributed by atoms with Crippen LogP contribution in [0.25, 0.3) is 33.4 Å². The number of aryl methyl sites for hydroxylation is 2. The van der Waals surface area contributed by atoms with Crippen LogP contribution in [0.15, 0.2) is 70.5 Å². The Morgan fingerprint density at radius 1 is 0.714 bits per heavy atom. The van der Waals surface area contributed by atoms with E-state index in [4.69, 9.17) is 19.0 Å². The predicted octanol–water partition coefficient (Wildman–Crippen LogP) is 5.67. The molecule has 2 aliphatic heterocycles. The first-order valence-electron chi connectivity index (χ1n) is 19.7. The zero-order valence-electron chi connectivity index (χ0n) is 32.1. The molecule has 8 aromatic rings. The van der Waals surface area contributed by atoms with Gasteiger partial charge < -0.3 is 19.0 Å². The lowest BCUT2D eigenvalue weighted by atomic mass is 9.82. The predicted molar refractivity (Wildman–Crippen MR) is 208 cm³/mol. The van der Waals surface area contributed by atoms with Crippen molar-refractivity contribution < 1.29 is 13.8 Å². The van der Waals surface area contributed by atoms with Gasteiger partial charge in [0.2, 0.25) is 0 Å². The van der Waals surface area contributed by atoms with Gasteiger partial charge in [-0.25, -0.2) is 19.9 Å². The molecule has 0 bridgehead atoms. The first kappa shape index (κ1) is 34.8. The molecule has 0 amide bonds. The van der Waals surface area contributed by atoms with E-state index in [2.05, 4.69) is 74.8 Å². The third-order valence-corrected chi connectivity index (χ3v) is 12.5. The molecule has 2 unspecified atom stereocenters. The Morgan fingerprint density at radius 3 is 1.59 bits per heavy atom. The van der Waals surface area contributed by atoms with Crippen LogP contribution in [0, 0.1) is 25.7 Å². The van der Waals surface area contributed by atoms with Gasteiger partial charge in [-0.2, -0.15) is 0 Å². The van der Waals surface area contributed by atoms with Gasteiger partial charge in [0.05, 0.1) is 70.3 Å². The molecule has 0 aromatic carbocycles. The first-order valence-corrected chi connectivity index (χ1v) is 19.7. The molecule has 2 N–H and O–H groups in total. The average Bonchev–Trinajstić information content (AvgIpc) is 4.05. The van der Waals surface area contributed by atoms with Gasteiger partial charge >= 0.3 is 0 Å². The minimum absolute atomic E-state index is 0.0857. The maximum Gasteiger partial charge on any atom is 0.167 e. The van der Waals surface area contributed by atoms with Crippen molar-refractivity contribution in [2.45, 2.75) is 77.3 Å². The zero-order chi connectivity index (χ0) is 38.1. The molecule has 2 fully saturated rings. The van der Waals surface area contributed by atoms with E-state index in [0.717, 1.165) is 82.3 Å². The second kappa shape index (κ2) is 13.8. The highest BCUT2D eigenvalue weighted by Crippen LogP contribution is 2.37. The number of hydrogen-bond donors (Lipinski definition) is 2. The molecule has 6 atom stereocenters. The Bertz CT molecular complexity index is 2500. The number of likely N-dealkylation sites (tertiary alicyclic amines) is 2. The number of aromatic amines is 2. The number of aromatic nitrogens is 10. The van der Waals surface area contributed by atoms with Gasteiger partial charge in [0.15, 0.2) is 17.1 Å². The summed E-state index contributed by atoms with van der Waals surface area (Å²) in [5.74, 6) is 4.41. The number of carbonyl (C=O) groups excluding carboxylic acids is 1. The van der Waals surface area contributed by atoms with Crippen LogP contribution in [0.2, 0.25) is 0 Å². The summed E-state index contributed by atoms with van der Waals surface area (Å²) < 4.78 is 16.1. The summed E-state index contributed by atoms with van der Waals surface area (Å²) in [7, 11) is 0. The topological polar surface area (TPSA) is 168 Å². The van der Waals surface area contributed by atoms with Crippen molar-refractivity contribution in [1.82, 2.24) is 58.8 Å². The van der Waals surface area contributed by atoms with E-state index in [1.807, 2.05) is 63.2 Å². The molecule has 10 heterocycles. The number of fused-ring (bicyclic) bond motifs is 6. The van der Waals surface area contributed by atoms with Crippen LogP contribution < -0.4 is 0 Å². The molecule has 0 spiro atoms. The summed E-state index contributed by atoms with van der Waals surface area (Å²) in [5, 5.41) is 8.44. The van der Waals surface area contributed by atoms with Crippen molar-refractivity contribution in [3.63, 3.8) is 0 Å². The van der Waals surface area contributed by atoms with Gasteiger partial charge in [0, 0.05) is 62.3 Å². The van der Waals surface area contributed by atoms with Gasteiger partial charge in [-0.05, 0) is 63.7 Å². The summed E-state index contributed by atoms with van der Waals surface area (Å²) in [5.41, 5.74) is 7.14. The lowest BCUT2D eigenvalue weighted by molar-refractivity contribution is -0.131. The fraction of sp³-hybridized carbons (Fsp3) is 0.439. The number of carbonyl (C=O) groups is 1. The number of H-pyrrole nitrogens is 2. The monoisotopic (exact) mass is 754 g/mol. The van der Waals surface area contributed by atoms with Crippen LogP contribution in [0.4, 0.5) is 0 Å². The molecule has 2 aliphatic rings. The Hall–Kier alpha value is -5.67. The van der Waals surface area contributed by atoms with Crippen molar-refractivity contribution in [3.05, 3.63) is 96.0 Å². The van der Waals surface area contributed by atoms with Crippen LogP contribution in [0.5, 0.6) is 0 Å².